The molecule has 1 atom stereocenters. The molecule has 1 aliphatic heterocycles. The number of esters is 1. The number of anilines is 1. The van der Waals surface area contributed by atoms with Crippen molar-refractivity contribution >= 4 is 11.7 Å². The monoisotopic (exact) mass is 234 g/mol. The van der Waals surface area contributed by atoms with Gasteiger partial charge in [-0.2, -0.15) is 0 Å². The first-order valence-electron chi connectivity index (χ1n) is 5.88. The van der Waals surface area contributed by atoms with Gasteiger partial charge in [0.05, 0.1) is 7.11 Å². The Morgan fingerprint density at radius 1 is 1.59 bits per heavy atom. The van der Waals surface area contributed by atoms with E-state index >= 15 is 0 Å². The molecule has 0 fully saturated rings. The van der Waals surface area contributed by atoms with E-state index < -0.39 is 12.0 Å². The summed E-state index contributed by atoms with van der Waals surface area (Å²) >= 11 is 0. The summed E-state index contributed by atoms with van der Waals surface area (Å²) in [7, 11) is 1.36. The van der Waals surface area contributed by atoms with Crippen LogP contribution in [-0.4, -0.2) is 26.2 Å². The summed E-state index contributed by atoms with van der Waals surface area (Å²) in [4.78, 5) is 13.7. The van der Waals surface area contributed by atoms with Gasteiger partial charge in [0.1, 0.15) is 6.04 Å². The highest BCUT2D eigenvalue weighted by atomic mass is 16.5. The molecule has 92 valence electrons. The van der Waals surface area contributed by atoms with Crippen LogP contribution in [-0.2, 0) is 16.0 Å². The van der Waals surface area contributed by atoms with Gasteiger partial charge in [0.15, 0.2) is 0 Å². The number of carbonyl (C=O) groups excluding carboxylic acids is 1. The lowest BCUT2D eigenvalue weighted by atomic mass is 10.0. The fraction of sp³-hybridized carbons (Fsp3) is 0.462. The molecule has 1 unspecified atom stereocenters. The minimum absolute atomic E-state index is 0.393. The third-order valence-corrected chi connectivity index (χ3v) is 3.29. The van der Waals surface area contributed by atoms with Crippen LogP contribution in [0.15, 0.2) is 18.2 Å². The van der Waals surface area contributed by atoms with Crippen LogP contribution in [0.3, 0.4) is 0 Å². The van der Waals surface area contributed by atoms with Gasteiger partial charge in [-0.05, 0) is 30.5 Å². The molecule has 0 amide bonds. The van der Waals surface area contributed by atoms with E-state index in [-0.39, 0.29) is 0 Å². The molecule has 4 nitrogen and oxygen atoms in total. The summed E-state index contributed by atoms with van der Waals surface area (Å²) in [6, 6.07) is 5.30. The number of carbonyl (C=O) groups is 1. The van der Waals surface area contributed by atoms with Gasteiger partial charge in [0.25, 0.3) is 0 Å². The van der Waals surface area contributed by atoms with Gasteiger partial charge < -0.3 is 15.4 Å². The quantitative estimate of drug-likeness (QED) is 0.799. The maximum Gasteiger partial charge on any atom is 0.327 e. The molecule has 1 heterocycles. The molecule has 0 aliphatic carbocycles. The summed E-state index contributed by atoms with van der Waals surface area (Å²) in [5, 5.41) is 0. The van der Waals surface area contributed by atoms with E-state index in [1.165, 1.54) is 18.4 Å². The highest BCUT2D eigenvalue weighted by Crippen LogP contribution is 2.29. The van der Waals surface area contributed by atoms with E-state index in [1.54, 1.807) is 0 Å². The highest BCUT2D eigenvalue weighted by molar-refractivity contribution is 5.77. The number of rotatable bonds is 3. The number of hydrogen-bond acceptors (Lipinski definition) is 4. The summed E-state index contributed by atoms with van der Waals surface area (Å²) < 4.78 is 4.65. The first kappa shape index (κ1) is 11.9. The molecule has 2 N–H and O–H groups in total. The number of ether oxygens (including phenoxy) is 1. The van der Waals surface area contributed by atoms with Gasteiger partial charge in [-0.25, -0.2) is 0 Å². The van der Waals surface area contributed by atoms with Crippen molar-refractivity contribution in [3.8, 4) is 0 Å². The molecule has 1 aliphatic rings. The Balaban J connectivity index is 2.26. The predicted octanol–water partition coefficient (Wildman–Crippen LogP) is 1.24. The zero-order valence-corrected chi connectivity index (χ0v) is 10.3. The third-order valence-electron chi connectivity index (χ3n) is 3.29. The summed E-state index contributed by atoms with van der Waals surface area (Å²) in [6.45, 7) is 4.20. The van der Waals surface area contributed by atoms with Gasteiger partial charge in [0, 0.05) is 18.8 Å². The van der Waals surface area contributed by atoms with Crippen LogP contribution in [0.1, 0.15) is 24.1 Å². The zero-order valence-electron chi connectivity index (χ0n) is 10.3. The molecule has 2 rings (SSSR count). The summed E-state index contributed by atoms with van der Waals surface area (Å²) in [5.74, 6) is -0.393. The molecule has 1 aromatic carbocycles. The summed E-state index contributed by atoms with van der Waals surface area (Å²) in [6.07, 6.45) is 1.02. The molecule has 0 spiro atoms. The highest BCUT2D eigenvalue weighted by Gasteiger charge is 2.21. The van der Waals surface area contributed by atoms with Crippen molar-refractivity contribution < 1.29 is 9.53 Å². The topological polar surface area (TPSA) is 55.6 Å². The number of benzene rings is 1. The van der Waals surface area contributed by atoms with Gasteiger partial charge in [-0.3, -0.25) is 4.79 Å². The Labute approximate surface area is 101 Å². The zero-order chi connectivity index (χ0) is 12.4. The average Bonchev–Trinajstić information content (AvgIpc) is 2.78. The van der Waals surface area contributed by atoms with Crippen molar-refractivity contribution in [2.75, 3.05) is 25.1 Å². The third kappa shape index (κ3) is 2.13. The minimum Gasteiger partial charge on any atom is -0.468 e. The van der Waals surface area contributed by atoms with Crippen LogP contribution in [0.5, 0.6) is 0 Å². The normalized spacial score (nSPS) is 15.6. The van der Waals surface area contributed by atoms with E-state index in [1.807, 2.05) is 18.2 Å². The fourth-order valence-corrected chi connectivity index (χ4v) is 2.27. The van der Waals surface area contributed by atoms with Crippen LogP contribution in [0.4, 0.5) is 5.69 Å². The second-order valence-electron chi connectivity index (χ2n) is 4.22. The van der Waals surface area contributed by atoms with E-state index in [9.17, 15) is 4.79 Å². The molecule has 17 heavy (non-hydrogen) atoms. The Morgan fingerprint density at radius 2 is 2.35 bits per heavy atom. The molecular formula is C13H18N2O2. The number of hydrogen-bond donors (Lipinski definition) is 1. The smallest absolute Gasteiger partial charge is 0.327 e. The lowest BCUT2D eigenvalue weighted by Crippen LogP contribution is -2.22. The van der Waals surface area contributed by atoms with Gasteiger partial charge in [-0.1, -0.05) is 12.1 Å². The number of methoxy groups -OCH3 is 1. The van der Waals surface area contributed by atoms with Crippen molar-refractivity contribution in [2.45, 2.75) is 19.4 Å². The van der Waals surface area contributed by atoms with E-state index in [0.717, 1.165) is 25.1 Å². The second-order valence-corrected chi connectivity index (χ2v) is 4.22. The molecule has 0 radical (unpaired) electrons. The lowest BCUT2D eigenvalue weighted by molar-refractivity contribution is -0.142. The van der Waals surface area contributed by atoms with Gasteiger partial charge in [-0.15, -0.1) is 0 Å². The second kappa shape index (κ2) is 4.75. The van der Waals surface area contributed by atoms with Crippen LogP contribution >= 0.6 is 0 Å². The number of fused-ring (bicyclic) bond motifs is 1. The molecule has 0 saturated heterocycles. The first-order chi connectivity index (χ1) is 8.17. The number of likely N-dealkylation sites (N-methyl/N-ethyl adjacent to an activating group) is 1. The van der Waals surface area contributed by atoms with Gasteiger partial charge in [0.2, 0.25) is 0 Å². The lowest BCUT2D eigenvalue weighted by Gasteiger charge is -2.17. The number of nitrogens with zero attached hydrogens (tertiary/aromatic N) is 1. The molecule has 4 heteroatoms. The Kier molecular flexibility index (Phi) is 3.33. The van der Waals surface area contributed by atoms with Gasteiger partial charge >= 0.3 is 5.97 Å². The van der Waals surface area contributed by atoms with Crippen molar-refractivity contribution in [3.63, 3.8) is 0 Å². The Bertz CT molecular complexity index is 431. The average molecular weight is 234 g/mol. The largest absolute Gasteiger partial charge is 0.468 e. The molecule has 0 bridgehead atoms. The number of nitrogens with two attached hydrogens (primary N) is 1. The summed E-state index contributed by atoms with van der Waals surface area (Å²) in [5.41, 5.74) is 9.17. The molecule has 0 aromatic heterocycles. The SMILES string of the molecule is CCN1CCc2cc(C(N)C(=O)OC)ccc21. The van der Waals surface area contributed by atoms with Crippen LogP contribution in [0.25, 0.3) is 0 Å². The Hall–Kier alpha value is -1.55. The van der Waals surface area contributed by atoms with Crippen molar-refractivity contribution in [1.82, 2.24) is 0 Å². The maximum absolute atomic E-state index is 11.4. The van der Waals surface area contributed by atoms with E-state index in [4.69, 9.17) is 5.73 Å². The van der Waals surface area contributed by atoms with Crippen LogP contribution < -0.4 is 10.6 Å². The van der Waals surface area contributed by atoms with Crippen molar-refractivity contribution in [2.24, 2.45) is 5.73 Å². The van der Waals surface area contributed by atoms with Crippen molar-refractivity contribution in [1.29, 1.82) is 0 Å². The fourth-order valence-electron chi connectivity index (χ4n) is 2.27. The Morgan fingerprint density at radius 3 is 3.00 bits per heavy atom. The first-order valence-corrected chi connectivity index (χ1v) is 5.88. The van der Waals surface area contributed by atoms with Crippen molar-refractivity contribution in [3.05, 3.63) is 29.3 Å². The minimum atomic E-state index is -0.680. The van der Waals surface area contributed by atoms with Crippen LogP contribution in [0, 0.1) is 0 Å². The molecular weight excluding hydrogens is 216 g/mol. The van der Waals surface area contributed by atoms with E-state index in [2.05, 4.69) is 16.6 Å². The predicted molar refractivity (Wildman–Crippen MR) is 67.0 cm³/mol. The molecule has 0 saturated carbocycles. The standard InChI is InChI=1S/C13H18N2O2/c1-3-15-7-6-9-8-10(4-5-11(9)15)12(14)13(16)17-2/h4-5,8,12H,3,6-7,14H2,1-2H3. The van der Waals surface area contributed by atoms with Crippen LogP contribution in [0.2, 0.25) is 0 Å². The maximum atomic E-state index is 11.4. The van der Waals surface area contributed by atoms with E-state index in [0.29, 0.717) is 0 Å². The molecule has 1 aromatic rings.